The first-order chi connectivity index (χ1) is 17.7. The van der Waals surface area contributed by atoms with Gasteiger partial charge in [0.05, 0.1) is 16.8 Å². The van der Waals surface area contributed by atoms with Crippen LogP contribution < -0.4 is 15.6 Å². The van der Waals surface area contributed by atoms with Crippen LogP contribution in [0.2, 0.25) is 0 Å². The smallest absolute Gasteiger partial charge is 0.276 e. The number of rotatable bonds is 6. The number of carbonyl (C=O) groups is 2. The van der Waals surface area contributed by atoms with Crippen LogP contribution in [-0.4, -0.2) is 28.4 Å². The van der Waals surface area contributed by atoms with Crippen molar-refractivity contribution in [2.45, 2.75) is 0 Å². The average molecular weight is 475 g/mol. The number of hydrogen-bond donors (Lipinski definition) is 2. The summed E-state index contributed by atoms with van der Waals surface area (Å²) < 4.78 is 5.76. The van der Waals surface area contributed by atoms with Gasteiger partial charge in [-0.15, -0.1) is 0 Å². The maximum Gasteiger partial charge on any atom is 0.276 e. The SMILES string of the molecule is O=C(COc1ccccc1-c1ccccc1)NNC(=O)c1cc(-c2ccncc2)nc2ccccc12. The molecule has 2 N–H and O–H groups in total. The molecular formula is C29H22N4O3. The first-order valence-electron chi connectivity index (χ1n) is 11.4. The Hall–Kier alpha value is -5.04. The number of nitrogens with zero attached hydrogens (tertiary/aromatic N) is 2. The predicted octanol–water partition coefficient (Wildman–Crippen LogP) is 4.80. The number of benzene rings is 3. The summed E-state index contributed by atoms with van der Waals surface area (Å²) in [5.41, 5.74) is 9.32. The lowest BCUT2D eigenvalue weighted by atomic mass is 10.0. The van der Waals surface area contributed by atoms with E-state index in [-0.39, 0.29) is 6.61 Å². The molecule has 0 bridgehead atoms. The van der Waals surface area contributed by atoms with Crippen LogP contribution in [0.5, 0.6) is 5.75 Å². The Morgan fingerprint density at radius 1 is 0.750 bits per heavy atom. The third-order valence-corrected chi connectivity index (χ3v) is 5.58. The van der Waals surface area contributed by atoms with E-state index < -0.39 is 11.8 Å². The summed E-state index contributed by atoms with van der Waals surface area (Å²) in [6.45, 7) is -0.260. The highest BCUT2D eigenvalue weighted by Crippen LogP contribution is 2.29. The van der Waals surface area contributed by atoms with Gasteiger partial charge < -0.3 is 4.74 Å². The van der Waals surface area contributed by atoms with Gasteiger partial charge in [-0.05, 0) is 35.9 Å². The van der Waals surface area contributed by atoms with E-state index in [1.807, 2.05) is 84.9 Å². The number of carbonyl (C=O) groups excluding carboxylic acids is 2. The molecule has 36 heavy (non-hydrogen) atoms. The first kappa shape index (κ1) is 22.7. The number of hydrogen-bond acceptors (Lipinski definition) is 5. The molecule has 0 unspecified atom stereocenters. The van der Waals surface area contributed by atoms with Gasteiger partial charge in [-0.2, -0.15) is 0 Å². The van der Waals surface area contributed by atoms with Gasteiger partial charge >= 0.3 is 0 Å². The Balaban J connectivity index is 1.28. The summed E-state index contributed by atoms with van der Waals surface area (Å²) in [5.74, 6) is -0.367. The van der Waals surface area contributed by atoms with Crippen LogP contribution in [0.15, 0.2) is 109 Å². The number of para-hydroxylation sites is 2. The molecule has 5 aromatic rings. The molecule has 0 radical (unpaired) electrons. The fraction of sp³-hybridized carbons (Fsp3) is 0.0345. The lowest BCUT2D eigenvalue weighted by Crippen LogP contribution is -2.43. The molecule has 3 aromatic carbocycles. The van der Waals surface area contributed by atoms with E-state index in [0.717, 1.165) is 16.7 Å². The summed E-state index contributed by atoms with van der Waals surface area (Å²) in [4.78, 5) is 34.2. The van der Waals surface area contributed by atoms with Crippen molar-refractivity contribution in [2.24, 2.45) is 0 Å². The summed E-state index contributed by atoms with van der Waals surface area (Å²) in [7, 11) is 0. The van der Waals surface area contributed by atoms with Gasteiger partial charge in [0, 0.05) is 28.9 Å². The largest absolute Gasteiger partial charge is 0.483 e. The number of ether oxygens (including phenoxy) is 1. The van der Waals surface area contributed by atoms with Crippen LogP contribution in [0, 0.1) is 0 Å². The molecule has 2 aromatic heterocycles. The molecular weight excluding hydrogens is 452 g/mol. The van der Waals surface area contributed by atoms with E-state index in [4.69, 9.17) is 4.74 Å². The van der Waals surface area contributed by atoms with E-state index in [1.165, 1.54) is 0 Å². The zero-order valence-electron chi connectivity index (χ0n) is 19.2. The molecule has 0 aliphatic heterocycles. The molecule has 0 saturated heterocycles. The highest BCUT2D eigenvalue weighted by atomic mass is 16.5. The van der Waals surface area contributed by atoms with Crippen molar-refractivity contribution in [1.82, 2.24) is 20.8 Å². The highest BCUT2D eigenvalue weighted by Gasteiger charge is 2.15. The van der Waals surface area contributed by atoms with E-state index in [1.54, 1.807) is 24.5 Å². The van der Waals surface area contributed by atoms with Crippen molar-refractivity contribution >= 4 is 22.7 Å². The van der Waals surface area contributed by atoms with Gasteiger partial charge in [-0.1, -0.05) is 66.7 Å². The quantitative estimate of drug-likeness (QED) is 0.345. The van der Waals surface area contributed by atoms with Gasteiger partial charge in [0.25, 0.3) is 11.8 Å². The fourth-order valence-corrected chi connectivity index (χ4v) is 3.86. The van der Waals surface area contributed by atoms with Crippen molar-refractivity contribution in [1.29, 1.82) is 0 Å². The van der Waals surface area contributed by atoms with Gasteiger partial charge in [-0.3, -0.25) is 25.4 Å². The minimum atomic E-state index is -0.487. The zero-order valence-corrected chi connectivity index (χ0v) is 19.2. The second-order valence-electron chi connectivity index (χ2n) is 7.96. The molecule has 7 heteroatoms. The number of fused-ring (bicyclic) bond motifs is 1. The molecule has 0 aliphatic rings. The molecule has 176 valence electrons. The van der Waals surface area contributed by atoms with E-state index >= 15 is 0 Å². The van der Waals surface area contributed by atoms with Crippen LogP contribution in [0.3, 0.4) is 0 Å². The lowest BCUT2D eigenvalue weighted by molar-refractivity contribution is -0.123. The Kier molecular flexibility index (Phi) is 6.62. The third kappa shape index (κ3) is 5.05. The molecule has 7 nitrogen and oxygen atoms in total. The second kappa shape index (κ2) is 10.5. The molecule has 0 atom stereocenters. The van der Waals surface area contributed by atoms with E-state index in [9.17, 15) is 9.59 Å². The van der Waals surface area contributed by atoms with Crippen LogP contribution in [0.1, 0.15) is 10.4 Å². The van der Waals surface area contributed by atoms with Crippen molar-refractivity contribution in [3.63, 3.8) is 0 Å². The molecule has 2 heterocycles. The molecule has 2 amide bonds. The van der Waals surface area contributed by atoms with Gasteiger partial charge in [0.1, 0.15) is 5.75 Å². The average Bonchev–Trinajstić information content (AvgIpc) is 2.95. The van der Waals surface area contributed by atoms with Crippen molar-refractivity contribution in [3.05, 3.63) is 115 Å². The topological polar surface area (TPSA) is 93.2 Å². The molecule has 5 rings (SSSR count). The van der Waals surface area contributed by atoms with Crippen molar-refractivity contribution in [2.75, 3.05) is 6.61 Å². The molecule has 0 spiro atoms. The minimum Gasteiger partial charge on any atom is -0.483 e. The minimum absolute atomic E-state index is 0.260. The third-order valence-electron chi connectivity index (χ3n) is 5.58. The summed E-state index contributed by atoms with van der Waals surface area (Å²) in [6, 6.07) is 30.0. The van der Waals surface area contributed by atoms with Crippen molar-refractivity contribution < 1.29 is 14.3 Å². The maximum atomic E-state index is 13.1. The molecule has 0 aliphatic carbocycles. The lowest BCUT2D eigenvalue weighted by Gasteiger charge is -2.13. The van der Waals surface area contributed by atoms with Crippen LogP contribution in [0.4, 0.5) is 0 Å². The Bertz CT molecular complexity index is 1520. The van der Waals surface area contributed by atoms with E-state index in [2.05, 4.69) is 20.8 Å². The van der Waals surface area contributed by atoms with Crippen molar-refractivity contribution in [3.8, 4) is 28.1 Å². The van der Waals surface area contributed by atoms with Crippen LogP contribution in [0.25, 0.3) is 33.3 Å². The highest BCUT2D eigenvalue weighted by molar-refractivity contribution is 6.07. The summed E-state index contributed by atoms with van der Waals surface area (Å²) in [5, 5.41) is 0.676. The Morgan fingerprint density at radius 3 is 2.31 bits per heavy atom. The number of amides is 2. The summed E-state index contributed by atoms with van der Waals surface area (Å²) >= 11 is 0. The van der Waals surface area contributed by atoms with Gasteiger partial charge in [0.2, 0.25) is 0 Å². The van der Waals surface area contributed by atoms with Crippen LogP contribution in [-0.2, 0) is 4.79 Å². The zero-order chi connectivity index (χ0) is 24.7. The number of aromatic nitrogens is 2. The molecule has 0 saturated carbocycles. The first-order valence-corrected chi connectivity index (χ1v) is 11.4. The van der Waals surface area contributed by atoms with Gasteiger partial charge in [-0.25, -0.2) is 4.98 Å². The number of nitrogens with one attached hydrogen (secondary N) is 2. The summed E-state index contributed by atoms with van der Waals surface area (Å²) in [6.07, 6.45) is 3.34. The molecule has 0 fully saturated rings. The fourth-order valence-electron chi connectivity index (χ4n) is 3.86. The number of pyridine rings is 2. The standard InChI is InChI=1S/C29H22N4O3/c34-28(19-36-27-13-7-5-10-22(27)20-8-2-1-3-9-20)32-33-29(35)24-18-26(21-14-16-30-17-15-21)31-25-12-6-4-11-23(24)25/h1-18H,19H2,(H,32,34)(H,33,35). The maximum absolute atomic E-state index is 13.1. The predicted molar refractivity (Wildman–Crippen MR) is 138 cm³/mol. The van der Waals surface area contributed by atoms with E-state index in [0.29, 0.717) is 27.9 Å². The van der Waals surface area contributed by atoms with Gasteiger partial charge in [0.15, 0.2) is 6.61 Å². The Labute approximate surface area is 207 Å². The second-order valence-corrected chi connectivity index (χ2v) is 7.96. The Morgan fingerprint density at radius 2 is 1.47 bits per heavy atom. The number of hydrazine groups is 1. The van der Waals surface area contributed by atoms with Crippen LogP contribution >= 0.6 is 0 Å². The monoisotopic (exact) mass is 474 g/mol. The normalized spacial score (nSPS) is 10.6.